The van der Waals surface area contributed by atoms with Crippen LogP contribution in [-0.4, -0.2) is 29.6 Å². The Morgan fingerprint density at radius 1 is 1.38 bits per heavy atom. The molecule has 0 aromatic rings. The molecule has 0 heterocycles. The molecule has 77 valence electrons. The molecule has 0 saturated heterocycles. The maximum absolute atomic E-state index is 10.9. The Hall–Kier alpha value is 0.300. The van der Waals surface area contributed by atoms with Gasteiger partial charge in [0.2, 0.25) is 3.79 Å². The molecule has 0 spiro atoms. The van der Waals surface area contributed by atoms with Gasteiger partial charge in [-0.2, -0.15) is 0 Å². The van der Waals surface area contributed by atoms with E-state index in [1.54, 1.807) is 0 Å². The summed E-state index contributed by atoms with van der Waals surface area (Å²) >= 11 is 16.1. The van der Waals surface area contributed by atoms with Gasteiger partial charge in [0.25, 0.3) is 0 Å². The normalized spacial score (nSPS) is 11.4. The minimum atomic E-state index is -1.55. The summed E-state index contributed by atoms with van der Waals surface area (Å²) in [4.78, 5) is 10.9. The third-order valence-corrected chi connectivity index (χ3v) is 1.32. The van der Waals surface area contributed by atoms with Crippen LogP contribution in [0.5, 0.6) is 0 Å². The lowest BCUT2D eigenvalue weighted by atomic mass is 10.5. The fourth-order valence-electron chi connectivity index (χ4n) is 0.492. The molecule has 0 fully saturated rings. The molecule has 13 heavy (non-hydrogen) atoms. The maximum atomic E-state index is 10.9. The number of carbonyl (C=O) groups excluding carboxylic acids is 1. The van der Waals surface area contributed by atoms with E-state index >= 15 is 0 Å². The molecule has 0 unspecified atom stereocenters. The fraction of sp³-hybridized carbons (Fsp3) is 0.714. The van der Waals surface area contributed by atoms with E-state index < -0.39 is 9.76 Å². The second-order valence-corrected chi connectivity index (χ2v) is 4.65. The summed E-state index contributed by atoms with van der Waals surface area (Å²) in [6.07, 6.45) is 0.135. The lowest BCUT2D eigenvalue weighted by Gasteiger charge is -2.10. The summed E-state index contributed by atoms with van der Waals surface area (Å²) in [5.74, 6) is -0.459. The summed E-state index contributed by atoms with van der Waals surface area (Å²) < 4.78 is 7.89. The van der Waals surface area contributed by atoms with Gasteiger partial charge in [-0.3, -0.25) is 4.79 Å². The van der Waals surface area contributed by atoms with E-state index in [0.717, 1.165) is 0 Å². The van der Waals surface area contributed by atoms with E-state index in [0.29, 0.717) is 6.61 Å². The van der Waals surface area contributed by atoms with E-state index in [1.165, 1.54) is 0 Å². The first-order valence-electron chi connectivity index (χ1n) is 3.55. The highest BCUT2D eigenvalue weighted by Crippen LogP contribution is 2.25. The third-order valence-electron chi connectivity index (χ3n) is 0.992. The zero-order valence-electron chi connectivity index (χ0n) is 6.89. The number of halogens is 3. The van der Waals surface area contributed by atoms with Crippen molar-refractivity contribution in [1.29, 1.82) is 0 Å². The van der Waals surface area contributed by atoms with Gasteiger partial charge in [-0.05, 0) is 6.92 Å². The Balaban J connectivity index is 3.41. The van der Waals surface area contributed by atoms with Gasteiger partial charge >= 0.3 is 5.97 Å². The molecule has 0 bridgehead atoms. The van der Waals surface area contributed by atoms with E-state index in [2.05, 4.69) is 11.7 Å². The van der Waals surface area contributed by atoms with Crippen molar-refractivity contribution in [1.82, 2.24) is 0 Å². The molecule has 0 aliphatic carbocycles. The Morgan fingerprint density at radius 2 is 2.00 bits per heavy atom. The van der Waals surface area contributed by atoms with E-state index in [-0.39, 0.29) is 19.6 Å². The Morgan fingerprint density at radius 3 is 2.46 bits per heavy atom. The van der Waals surface area contributed by atoms with Crippen LogP contribution in [0.3, 0.4) is 0 Å². The molecule has 0 saturated carbocycles. The van der Waals surface area contributed by atoms with Crippen LogP contribution < -0.4 is 0 Å². The van der Waals surface area contributed by atoms with Gasteiger partial charge in [0.15, 0.2) is 0 Å². The molecule has 0 aliphatic rings. The highest BCUT2D eigenvalue weighted by Gasteiger charge is 2.21. The summed E-state index contributed by atoms with van der Waals surface area (Å²) in [7, 11) is 0. The summed E-state index contributed by atoms with van der Waals surface area (Å²) in [5, 5.41) is 0. The smallest absolute Gasteiger partial charge is 0.308 e. The molecule has 0 aliphatic heterocycles. The number of esters is 1. The molecule has 0 atom stereocenters. The molecule has 0 aromatic carbocycles. The molecule has 1 radical (unpaired) electrons. The molecule has 0 aromatic heterocycles. The van der Waals surface area contributed by atoms with Gasteiger partial charge < -0.3 is 9.47 Å². The summed E-state index contributed by atoms with van der Waals surface area (Å²) in [5.41, 5.74) is 0. The van der Waals surface area contributed by atoms with Gasteiger partial charge in [0, 0.05) is 6.61 Å². The van der Waals surface area contributed by atoms with Crippen LogP contribution in [0.1, 0.15) is 6.42 Å². The van der Waals surface area contributed by atoms with Crippen molar-refractivity contribution in [2.75, 3.05) is 19.8 Å². The maximum Gasteiger partial charge on any atom is 0.308 e. The first-order chi connectivity index (χ1) is 5.95. The van der Waals surface area contributed by atoms with Crippen molar-refractivity contribution in [2.45, 2.75) is 10.2 Å². The number of alkyl halides is 3. The van der Waals surface area contributed by atoms with Gasteiger partial charge in [-0.25, -0.2) is 0 Å². The van der Waals surface area contributed by atoms with E-state index in [1.807, 2.05) is 0 Å². The van der Waals surface area contributed by atoms with Gasteiger partial charge in [-0.15, -0.1) is 0 Å². The number of carbonyl (C=O) groups is 1. The lowest BCUT2D eigenvalue weighted by Crippen LogP contribution is -2.18. The first kappa shape index (κ1) is 13.3. The molecular formula is C7H10Cl3O3. The SMILES string of the molecule is [CH2]COCCC(=O)OCC(Cl)(Cl)Cl. The molecule has 0 rings (SSSR count). The summed E-state index contributed by atoms with van der Waals surface area (Å²) in [6, 6.07) is 0. The van der Waals surface area contributed by atoms with Crippen molar-refractivity contribution < 1.29 is 14.3 Å². The second-order valence-electron chi connectivity index (χ2n) is 2.14. The number of rotatable bonds is 5. The van der Waals surface area contributed by atoms with E-state index in [9.17, 15) is 4.79 Å². The lowest BCUT2D eigenvalue weighted by molar-refractivity contribution is -0.144. The van der Waals surface area contributed by atoms with Crippen LogP contribution in [-0.2, 0) is 14.3 Å². The molecule has 3 nitrogen and oxygen atoms in total. The van der Waals surface area contributed by atoms with Crippen LogP contribution in [0.2, 0.25) is 0 Å². The van der Waals surface area contributed by atoms with Crippen LogP contribution in [0, 0.1) is 6.92 Å². The van der Waals surface area contributed by atoms with Crippen molar-refractivity contribution >= 4 is 40.8 Å². The Labute approximate surface area is 92.2 Å². The zero-order valence-corrected chi connectivity index (χ0v) is 9.16. The average molecular weight is 249 g/mol. The average Bonchev–Trinajstić information content (AvgIpc) is 2.00. The van der Waals surface area contributed by atoms with Gasteiger partial charge in [0.1, 0.15) is 6.61 Å². The van der Waals surface area contributed by atoms with Gasteiger partial charge in [0.05, 0.1) is 13.0 Å². The quantitative estimate of drug-likeness (QED) is 0.425. The molecule has 6 heteroatoms. The Kier molecular flexibility index (Phi) is 6.86. The Bertz CT molecular complexity index is 156. The number of hydrogen-bond donors (Lipinski definition) is 0. The van der Waals surface area contributed by atoms with Crippen molar-refractivity contribution in [3.63, 3.8) is 0 Å². The molecule has 0 amide bonds. The van der Waals surface area contributed by atoms with Crippen LogP contribution in [0.15, 0.2) is 0 Å². The number of hydrogen-bond acceptors (Lipinski definition) is 3. The minimum Gasteiger partial charge on any atom is -0.461 e. The second kappa shape index (κ2) is 6.71. The van der Waals surface area contributed by atoms with E-state index in [4.69, 9.17) is 39.5 Å². The molecule has 0 N–H and O–H groups in total. The van der Waals surface area contributed by atoms with Crippen LogP contribution in [0.4, 0.5) is 0 Å². The topological polar surface area (TPSA) is 35.5 Å². The number of ether oxygens (including phenoxy) is 2. The minimum absolute atomic E-state index is 0.135. The van der Waals surface area contributed by atoms with Gasteiger partial charge in [-0.1, -0.05) is 34.8 Å². The standard InChI is InChI=1S/C7H10Cl3O3/c1-2-12-4-3-6(11)13-5-7(8,9)10/h1-5H2. The first-order valence-corrected chi connectivity index (χ1v) is 4.68. The van der Waals surface area contributed by atoms with Crippen LogP contribution >= 0.6 is 34.8 Å². The van der Waals surface area contributed by atoms with Crippen molar-refractivity contribution in [2.24, 2.45) is 0 Å². The van der Waals surface area contributed by atoms with Crippen LogP contribution in [0.25, 0.3) is 0 Å². The highest BCUT2D eigenvalue weighted by molar-refractivity contribution is 6.67. The van der Waals surface area contributed by atoms with Crippen molar-refractivity contribution in [3.05, 3.63) is 6.92 Å². The fourth-order valence-corrected chi connectivity index (χ4v) is 0.656. The zero-order chi connectivity index (χ0) is 10.3. The molecular weight excluding hydrogens is 238 g/mol. The monoisotopic (exact) mass is 247 g/mol. The predicted octanol–water partition coefficient (Wildman–Crippen LogP) is 2.14. The largest absolute Gasteiger partial charge is 0.461 e. The van der Waals surface area contributed by atoms with Crippen molar-refractivity contribution in [3.8, 4) is 0 Å². The highest BCUT2D eigenvalue weighted by atomic mass is 35.6. The summed E-state index contributed by atoms with van der Waals surface area (Å²) in [6.45, 7) is 3.76. The predicted molar refractivity (Wildman–Crippen MR) is 52.0 cm³/mol. The third kappa shape index (κ3) is 10.2.